The topological polar surface area (TPSA) is 128 Å². The maximum Gasteiger partial charge on any atom is 0.326 e. The number of aliphatic carboxylic acids is 1. The first-order chi connectivity index (χ1) is 14.7. The summed E-state index contributed by atoms with van der Waals surface area (Å²) in [5.74, 6) is -2.92. The quantitative estimate of drug-likeness (QED) is 0.433. The molecule has 2 rings (SSSR count). The number of esters is 2. The zero-order valence-electron chi connectivity index (χ0n) is 17.5. The number of amides is 1. The van der Waals surface area contributed by atoms with Gasteiger partial charge in [0.15, 0.2) is 0 Å². The standard InChI is InChI=1S/C22H25NO8/c1-13(15-4-5-17-11-18(29-3)7-6-16(17)10-15)22(28)31-12-30-20(25)9-8-19(21(26)27)23-14(2)24/h4-7,10-11,13,19H,8-9,12H2,1-3H3,(H,23,24)(H,26,27). The highest BCUT2D eigenvalue weighted by atomic mass is 16.7. The molecule has 0 aliphatic rings. The van der Waals surface area contributed by atoms with Crippen LogP contribution in [0.4, 0.5) is 0 Å². The molecule has 166 valence electrons. The SMILES string of the molecule is COc1ccc2cc(C(C)C(=O)OCOC(=O)CCC(NC(C)=O)C(=O)O)ccc2c1. The zero-order valence-corrected chi connectivity index (χ0v) is 17.5. The van der Waals surface area contributed by atoms with Crippen molar-refractivity contribution in [2.75, 3.05) is 13.9 Å². The smallest absolute Gasteiger partial charge is 0.326 e. The van der Waals surface area contributed by atoms with Gasteiger partial charge in [0.05, 0.1) is 13.0 Å². The summed E-state index contributed by atoms with van der Waals surface area (Å²) in [6.45, 7) is 2.28. The molecule has 2 N–H and O–H groups in total. The number of methoxy groups -OCH3 is 1. The molecule has 9 heteroatoms. The van der Waals surface area contributed by atoms with Gasteiger partial charge in [0, 0.05) is 13.3 Å². The fourth-order valence-electron chi connectivity index (χ4n) is 2.89. The third-order valence-electron chi connectivity index (χ3n) is 4.66. The first kappa shape index (κ1) is 23.7. The Bertz CT molecular complexity index is 971. The van der Waals surface area contributed by atoms with E-state index >= 15 is 0 Å². The minimum atomic E-state index is -1.25. The second-order valence-electron chi connectivity index (χ2n) is 6.92. The molecule has 0 fully saturated rings. The van der Waals surface area contributed by atoms with Crippen molar-refractivity contribution in [3.8, 4) is 5.75 Å². The number of fused-ring (bicyclic) bond motifs is 1. The van der Waals surface area contributed by atoms with E-state index in [1.54, 1.807) is 14.0 Å². The Morgan fingerprint density at radius 1 is 1.03 bits per heavy atom. The molecule has 0 bridgehead atoms. The van der Waals surface area contributed by atoms with E-state index in [0.29, 0.717) is 0 Å². The average Bonchev–Trinajstić information content (AvgIpc) is 2.74. The van der Waals surface area contributed by atoms with E-state index in [2.05, 4.69) is 5.32 Å². The van der Waals surface area contributed by atoms with Crippen LogP contribution in [0.25, 0.3) is 10.8 Å². The predicted octanol–water partition coefficient (Wildman–Crippen LogP) is 2.37. The second kappa shape index (κ2) is 11.0. The Morgan fingerprint density at radius 3 is 2.35 bits per heavy atom. The molecule has 2 aromatic carbocycles. The Morgan fingerprint density at radius 2 is 1.71 bits per heavy atom. The fourth-order valence-corrected chi connectivity index (χ4v) is 2.89. The molecule has 31 heavy (non-hydrogen) atoms. The van der Waals surface area contributed by atoms with Gasteiger partial charge >= 0.3 is 17.9 Å². The number of carbonyl (C=O) groups is 4. The molecule has 1 amide bonds. The van der Waals surface area contributed by atoms with E-state index in [9.17, 15) is 19.2 Å². The lowest BCUT2D eigenvalue weighted by Crippen LogP contribution is -2.39. The molecule has 2 atom stereocenters. The van der Waals surface area contributed by atoms with Gasteiger partial charge < -0.3 is 24.6 Å². The molecule has 0 aliphatic heterocycles. The second-order valence-corrected chi connectivity index (χ2v) is 6.92. The van der Waals surface area contributed by atoms with E-state index in [0.717, 1.165) is 22.1 Å². The average molecular weight is 431 g/mol. The molecule has 2 unspecified atom stereocenters. The number of carboxylic acids is 1. The van der Waals surface area contributed by atoms with Gasteiger partial charge in [-0.15, -0.1) is 0 Å². The number of hydrogen-bond acceptors (Lipinski definition) is 7. The largest absolute Gasteiger partial charge is 0.497 e. The molecule has 0 aliphatic carbocycles. The Kier molecular flexibility index (Phi) is 8.36. The summed E-state index contributed by atoms with van der Waals surface area (Å²) in [7, 11) is 1.59. The molecule has 0 saturated carbocycles. The lowest BCUT2D eigenvalue weighted by molar-refractivity contribution is -0.168. The molecule has 0 aromatic heterocycles. The number of hydrogen-bond donors (Lipinski definition) is 2. The lowest BCUT2D eigenvalue weighted by atomic mass is 9.98. The van der Waals surface area contributed by atoms with Crippen molar-refractivity contribution in [2.45, 2.75) is 38.6 Å². The molecular weight excluding hydrogens is 406 g/mol. The lowest BCUT2D eigenvalue weighted by Gasteiger charge is -2.14. The molecule has 0 saturated heterocycles. The number of rotatable bonds is 10. The summed E-state index contributed by atoms with van der Waals surface area (Å²) in [5, 5.41) is 13.1. The molecule has 2 aromatic rings. The fraction of sp³-hybridized carbons (Fsp3) is 0.364. The number of carbonyl (C=O) groups excluding carboxylic acids is 3. The number of benzene rings is 2. The van der Waals surface area contributed by atoms with Gasteiger partial charge in [0.1, 0.15) is 11.8 Å². The number of carboxylic acid groups (broad SMARTS) is 1. The summed E-state index contributed by atoms with van der Waals surface area (Å²) in [4.78, 5) is 46.0. The summed E-state index contributed by atoms with van der Waals surface area (Å²) in [6.07, 6.45) is -0.390. The number of ether oxygens (including phenoxy) is 3. The van der Waals surface area contributed by atoms with E-state index in [1.807, 2.05) is 36.4 Å². The summed E-state index contributed by atoms with van der Waals surface area (Å²) in [5.41, 5.74) is 0.744. The Hall–Kier alpha value is -3.62. The normalized spacial score (nSPS) is 12.5. The van der Waals surface area contributed by atoms with Crippen LogP contribution in [0, 0.1) is 0 Å². The van der Waals surface area contributed by atoms with Gasteiger partial charge in [-0.05, 0) is 41.8 Å². The van der Waals surface area contributed by atoms with Crippen LogP contribution >= 0.6 is 0 Å². The van der Waals surface area contributed by atoms with Crippen molar-refractivity contribution in [2.24, 2.45) is 0 Å². The molecule has 9 nitrogen and oxygen atoms in total. The van der Waals surface area contributed by atoms with Crippen LogP contribution in [0.1, 0.15) is 38.2 Å². The van der Waals surface area contributed by atoms with Crippen molar-refractivity contribution >= 4 is 34.6 Å². The van der Waals surface area contributed by atoms with Crippen molar-refractivity contribution in [3.63, 3.8) is 0 Å². The van der Waals surface area contributed by atoms with Gasteiger partial charge in [-0.2, -0.15) is 0 Å². The maximum atomic E-state index is 12.3. The van der Waals surface area contributed by atoms with Crippen molar-refractivity contribution in [1.29, 1.82) is 0 Å². The first-order valence-corrected chi connectivity index (χ1v) is 9.61. The van der Waals surface area contributed by atoms with Crippen LogP contribution in [-0.4, -0.2) is 48.9 Å². The van der Waals surface area contributed by atoms with Crippen molar-refractivity contribution in [1.82, 2.24) is 5.32 Å². The van der Waals surface area contributed by atoms with E-state index < -0.39 is 42.6 Å². The Labute approximate surface area is 179 Å². The van der Waals surface area contributed by atoms with Crippen LogP contribution in [0.2, 0.25) is 0 Å². The third kappa shape index (κ3) is 6.98. The van der Waals surface area contributed by atoms with Crippen LogP contribution in [0.15, 0.2) is 36.4 Å². The van der Waals surface area contributed by atoms with Gasteiger partial charge in [0.25, 0.3) is 0 Å². The third-order valence-corrected chi connectivity index (χ3v) is 4.66. The first-order valence-electron chi connectivity index (χ1n) is 9.61. The highest BCUT2D eigenvalue weighted by Gasteiger charge is 2.21. The van der Waals surface area contributed by atoms with Crippen LogP contribution in [-0.2, 0) is 28.7 Å². The molecular formula is C22H25NO8. The maximum absolute atomic E-state index is 12.3. The zero-order chi connectivity index (χ0) is 23.0. The van der Waals surface area contributed by atoms with Gasteiger partial charge in [-0.25, -0.2) is 4.79 Å². The molecule has 0 heterocycles. The minimum absolute atomic E-state index is 0.139. The number of nitrogens with one attached hydrogen (secondary N) is 1. The van der Waals surface area contributed by atoms with Gasteiger partial charge in [0.2, 0.25) is 12.7 Å². The van der Waals surface area contributed by atoms with E-state index in [4.69, 9.17) is 19.3 Å². The van der Waals surface area contributed by atoms with Crippen LogP contribution < -0.4 is 10.1 Å². The predicted molar refractivity (Wildman–Crippen MR) is 110 cm³/mol. The van der Waals surface area contributed by atoms with Crippen LogP contribution in [0.5, 0.6) is 5.75 Å². The van der Waals surface area contributed by atoms with E-state index in [-0.39, 0.29) is 12.8 Å². The Balaban J connectivity index is 1.83. The van der Waals surface area contributed by atoms with Gasteiger partial charge in [-0.1, -0.05) is 24.3 Å². The van der Waals surface area contributed by atoms with Crippen molar-refractivity contribution in [3.05, 3.63) is 42.0 Å². The van der Waals surface area contributed by atoms with Crippen molar-refractivity contribution < 1.29 is 38.5 Å². The summed E-state index contributed by atoms with van der Waals surface area (Å²) < 4.78 is 15.0. The minimum Gasteiger partial charge on any atom is -0.497 e. The molecule has 0 spiro atoms. The summed E-state index contributed by atoms with van der Waals surface area (Å²) in [6, 6.07) is 9.99. The summed E-state index contributed by atoms with van der Waals surface area (Å²) >= 11 is 0. The van der Waals surface area contributed by atoms with Crippen LogP contribution in [0.3, 0.4) is 0 Å². The highest BCUT2D eigenvalue weighted by Crippen LogP contribution is 2.25. The molecule has 0 radical (unpaired) electrons. The highest BCUT2D eigenvalue weighted by molar-refractivity contribution is 5.87. The van der Waals surface area contributed by atoms with Gasteiger partial charge in [-0.3, -0.25) is 14.4 Å². The monoisotopic (exact) mass is 431 g/mol. The van der Waals surface area contributed by atoms with E-state index in [1.165, 1.54) is 6.92 Å².